The largest absolute Gasteiger partial charge is 0.497 e. The molecule has 0 bridgehead atoms. The van der Waals surface area contributed by atoms with Crippen molar-refractivity contribution in [3.8, 4) is 5.75 Å². The average molecular weight is 535 g/mol. The number of allylic oxidation sites excluding steroid dienone is 1. The summed E-state index contributed by atoms with van der Waals surface area (Å²) in [6.45, 7) is 8.20. The van der Waals surface area contributed by atoms with Crippen molar-refractivity contribution in [3.05, 3.63) is 41.5 Å². The zero-order chi connectivity index (χ0) is 27.5. The van der Waals surface area contributed by atoms with E-state index in [-0.39, 0.29) is 29.5 Å². The maximum absolute atomic E-state index is 14.6. The third-order valence-corrected chi connectivity index (χ3v) is 11.5. The smallest absolute Gasteiger partial charge is 0.415 e. The molecule has 0 aliphatic heterocycles. The fraction of sp³-hybridized carbons (Fsp3) is 0.750. The Morgan fingerprint density at radius 1 is 1.00 bits per heavy atom. The zero-order valence-electron chi connectivity index (χ0n) is 23.6. The van der Waals surface area contributed by atoms with Gasteiger partial charge in [-0.1, -0.05) is 51.5 Å². The van der Waals surface area contributed by atoms with Crippen molar-refractivity contribution >= 4 is 0 Å². The molecule has 0 aromatic heterocycles. The number of rotatable bonds is 6. The van der Waals surface area contributed by atoms with Gasteiger partial charge in [-0.3, -0.25) is 0 Å². The molecule has 3 fully saturated rings. The van der Waals surface area contributed by atoms with E-state index >= 15 is 0 Å². The van der Waals surface area contributed by atoms with Crippen molar-refractivity contribution in [1.82, 2.24) is 0 Å². The Morgan fingerprint density at radius 3 is 2.37 bits per heavy atom. The second kappa shape index (κ2) is 9.83. The van der Waals surface area contributed by atoms with Gasteiger partial charge in [-0.2, -0.15) is 13.2 Å². The van der Waals surface area contributed by atoms with E-state index in [9.17, 15) is 18.3 Å². The Kier molecular flexibility index (Phi) is 7.25. The van der Waals surface area contributed by atoms with E-state index in [1.807, 2.05) is 0 Å². The van der Waals surface area contributed by atoms with Crippen LogP contribution >= 0.6 is 0 Å². The Balaban J connectivity index is 1.37. The molecule has 0 radical (unpaired) electrons. The number of hydrogen-bond donors (Lipinski definition) is 1. The summed E-state index contributed by atoms with van der Waals surface area (Å²) in [5.41, 5.74) is 1.10. The number of ether oxygens (including phenoxy) is 2. The lowest BCUT2D eigenvalue weighted by Gasteiger charge is -2.59. The van der Waals surface area contributed by atoms with Crippen LogP contribution < -0.4 is 4.74 Å². The first-order valence-electron chi connectivity index (χ1n) is 14.5. The molecule has 1 N–H and O–H groups in total. The summed E-state index contributed by atoms with van der Waals surface area (Å²) in [5.74, 6) is 2.13. The molecule has 0 spiro atoms. The van der Waals surface area contributed by atoms with Crippen LogP contribution in [0.3, 0.4) is 0 Å². The van der Waals surface area contributed by atoms with Crippen LogP contribution in [0.4, 0.5) is 13.2 Å². The van der Waals surface area contributed by atoms with Gasteiger partial charge >= 0.3 is 6.18 Å². The van der Waals surface area contributed by atoms with Gasteiger partial charge in [-0.15, -0.1) is 0 Å². The molecule has 0 amide bonds. The summed E-state index contributed by atoms with van der Waals surface area (Å²) in [7, 11) is 1.57. The number of hydrogen-bond acceptors (Lipinski definition) is 3. The lowest BCUT2D eigenvalue weighted by atomic mass is 9.46. The number of aliphatic hydroxyl groups excluding tert-OH is 1. The van der Waals surface area contributed by atoms with Gasteiger partial charge in [0.05, 0.1) is 19.8 Å². The van der Waals surface area contributed by atoms with Crippen molar-refractivity contribution < 1.29 is 27.8 Å². The molecular formula is C32H45F3O3. The van der Waals surface area contributed by atoms with Crippen LogP contribution in [0.5, 0.6) is 5.75 Å². The molecule has 1 aromatic carbocycles. The molecule has 3 nitrogen and oxygen atoms in total. The fourth-order valence-corrected chi connectivity index (χ4v) is 9.68. The highest BCUT2D eigenvalue weighted by Gasteiger charge is 2.64. The predicted molar refractivity (Wildman–Crippen MR) is 143 cm³/mol. The van der Waals surface area contributed by atoms with Crippen molar-refractivity contribution in [2.75, 3.05) is 7.11 Å². The average Bonchev–Trinajstić information content (AvgIpc) is 3.22. The van der Waals surface area contributed by atoms with Crippen LogP contribution in [-0.2, 0) is 11.3 Å². The van der Waals surface area contributed by atoms with Crippen molar-refractivity contribution in [2.24, 2.45) is 39.9 Å². The van der Waals surface area contributed by atoms with E-state index in [4.69, 9.17) is 9.47 Å². The van der Waals surface area contributed by atoms with Crippen LogP contribution in [0.2, 0.25) is 0 Å². The predicted octanol–water partition coefficient (Wildman–Crippen LogP) is 8.11. The molecule has 1 aromatic rings. The van der Waals surface area contributed by atoms with E-state index in [0.29, 0.717) is 29.1 Å². The molecule has 0 heterocycles. The SMILES string of the molecule is COc1ccc(COC(C(F)(F)F)C(C)(C)[C@H]2CC[C@H]3[C@@H]4CC=C5C[C@@H](O)CC[C@]5(C)[C@H]4CC[C@]23C)cc1. The molecule has 4 aliphatic rings. The number of methoxy groups -OCH3 is 1. The Hall–Kier alpha value is -1.53. The first-order valence-corrected chi connectivity index (χ1v) is 14.5. The summed E-state index contributed by atoms with van der Waals surface area (Å²) in [6.07, 6.45) is 3.42. The fourth-order valence-electron chi connectivity index (χ4n) is 9.68. The molecule has 38 heavy (non-hydrogen) atoms. The van der Waals surface area contributed by atoms with Gasteiger partial charge in [0.2, 0.25) is 0 Å². The number of alkyl halides is 3. The van der Waals surface area contributed by atoms with Crippen molar-refractivity contribution in [3.63, 3.8) is 0 Å². The topological polar surface area (TPSA) is 38.7 Å². The minimum Gasteiger partial charge on any atom is -0.497 e. The summed E-state index contributed by atoms with van der Waals surface area (Å²) in [4.78, 5) is 0. The highest BCUT2D eigenvalue weighted by Crippen LogP contribution is 2.69. The van der Waals surface area contributed by atoms with Gasteiger partial charge in [0, 0.05) is 5.41 Å². The van der Waals surface area contributed by atoms with Gasteiger partial charge in [-0.05, 0) is 104 Å². The molecule has 5 rings (SSSR count). The van der Waals surface area contributed by atoms with E-state index < -0.39 is 17.7 Å². The Labute approximate surface area is 226 Å². The van der Waals surface area contributed by atoms with E-state index in [1.54, 1.807) is 45.2 Å². The second-order valence-corrected chi connectivity index (χ2v) is 13.7. The molecule has 1 unspecified atom stereocenters. The van der Waals surface area contributed by atoms with E-state index in [2.05, 4.69) is 19.9 Å². The summed E-state index contributed by atoms with van der Waals surface area (Å²) < 4.78 is 54.8. The highest BCUT2D eigenvalue weighted by atomic mass is 19.4. The highest BCUT2D eigenvalue weighted by molar-refractivity contribution is 5.27. The molecule has 4 aliphatic carbocycles. The summed E-state index contributed by atoms with van der Waals surface area (Å²) >= 11 is 0. The second-order valence-electron chi connectivity index (χ2n) is 13.7. The van der Waals surface area contributed by atoms with Gasteiger partial charge in [0.15, 0.2) is 6.10 Å². The Bertz CT molecular complexity index is 1030. The third-order valence-electron chi connectivity index (χ3n) is 11.5. The lowest BCUT2D eigenvalue weighted by Crippen LogP contribution is -2.55. The van der Waals surface area contributed by atoms with Crippen LogP contribution in [0, 0.1) is 39.9 Å². The van der Waals surface area contributed by atoms with Gasteiger partial charge in [-0.25, -0.2) is 0 Å². The van der Waals surface area contributed by atoms with Gasteiger partial charge in [0.1, 0.15) is 5.75 Å². The van der Waals surface area contributed by atoms with Gasteiger partial charge in [0.25, 0.3) is 0 Å². The first-order chi connectivity index (χ1) is 17.8. The van der Waals surface area contributed by atoms with Gasteiger partial charge < -0.3 is 14.6 Å². The molecule has 212 valence electrons. The number of aliphatic hydroxyl groups is 1. The first kappa shape index (κ1) is 28.0. The van der Waals surface area contributed by atoms with Crippen LogP contribution in [0.25, 0.3) is 0 Å². The molecule has 8 atom stereocenters. The standard InChI is InChI=1S/C32H45F3O3/c1-29(2,28(32(33,34)35)38-19-20-6-9-23(37-5)10-7-20)27-13-12-25-24-11-8-21-18-22(36)14-16-30(21,3)26(24)15-17-31(25,27)4/h6-10,22,24-28,36H,11-19H2,1-5H3/t22-,24-,25-,26-,27+,28?,30-,31-/m0/s1. The summed E-state index contributed by atoms with van der Waals surface area (Å²) in [6, 6.07) is 7.04. The Morgan fingerprint density at radius 2 is 1.71 bits per heavy atom. The third kappa shape index (κ3) is 4.62. The normalized spacial score (nSPS) is 38.0. The monoisotopic (exact) mass is 534 g/mol. The quantitative estimate of drug-likeness (QED) is 0.375. The minimum absolute atomic E-state index is 0.0604. The lowest BCUT2D eigenvalue weighted by molar-refractivity contribution is -0.268. The molecular weight excluding hydrogens is 489 g/mol. The number of benzene rings is 1. The van der Waals surface area contributed by atoms with Crippen LogP contribution in [0.1, 0.15) is 84.6 Å². The minimum atomic E-state index is -4.44. The number of halogens is 3. The summed E-state index contributed by atoms with van der Waals surface area (Å²) in [5, 5.41) is 10.3. The zero-order valence-corrected chi connectivity index (χ0v) is 23.6. The van der Waals surface area contributed by atoms with Crippen molar-refractivity contribution in [1.29, 1.82) is 0 Å². The molecule has 6 heteroatoms. The molecule has 3 saturated carbocycles. The van der Waals surface area contributed by atoms with Crippen LogP contribution in [-0.4, -0.2) is 30.6 Å². The van der Waals surface area contributed by atoms with Crippen LogP contribution in [0.15, 0.2) is 35.9 Å². The van der Waals surface area contributed by atoms with E-state index in [1.165, 1.54) is 5.57 Å². The van der Waals surface area contributed by atoms with E-state index in [0.717, 1.165) is 51.4 Å². The maximum Gasteiger partial charge on any atom is 0.415 e. The number of fused-ring (bicyclic) bond motifs is 5. The molecule has 0 saturated heterocycles. The van der Waals surface area contributed by atoms with Crippen molar-refractivity contribution in [2.45, 2.75) is 104 Å². The maximum atomic E-state index is 14.6.